The Kier molecular flexibility index (Phi) is 6.61. The number of hydrogen-bond acceptors (Lipinski definition) is 4. The fourth-order valence-electron chi connectivity index (χ4n) is 3.65. The molecule has 6 heteroatoms. The van der Waals surface area contributed by atoms with Gasteiger partial charge in [-0.2, -0.15) is 0 Å². The molecule has 4 rings (SSSR count). The average molecular weight is 448 g/mol. The number of aromatic nitrogens is 2. The van der Waals surface area contributed by atoms with Crippen molar-refractivity contribution in [2.45, 2.75) is 39.2 Å². The van der Waals surface area contributed by atoms with E-state index in [2.05, 4.69) is 48.9 Å². The molecule has 0 spiro atoms. The molecule has 0 bridgehead atoms. The second-order valence-electron chi connectivity index (χ2n) is 8.77. The first kappa shape index (κ1) is 22.1. The molecule has 2 aromatic carbocycles. The zero-order valence-electron chi connectivity index (χ0n) is 18.8. The van der Waals surface area contributed by atoms with Crippen molar-refractivity contribution in [1.82, 2.24) is 14.9 Å². The van der Waals surface area contributed by atoms with Gasteiger partial charge >= 0.3 is 0 Å². The molecule has 166 valence electrons. The number of thiophene rings is 1. The summed E-state index contributed by atoms with van der Waals surface area (Å²) in [6.45, 7) is 8.39. The lowest BCUT2D eigenvalue weighted by Crippen LogP contribution is -2.26. The summed E-state index contributed by atoms with van der Waals surface area (Å²) in [6.07, 6.45) is 0.659. The van der Waals surface area contributed by atoms with Gasteiger partial charge in [-0.05, 0) is 46.7 Å². The van der Waals surface area contributed by atoms with E-state index in [1.807, 2.05) is 47.8 Å². The first-order chi connectivity index (χ1) is 15.4. The molecule has 1 amide bonds. The summed E-state index contributed by atoms with van der Waals surface area (Å²) in [5.74, 6) is 1.78. The zero-order valence-corrected chi connectivity index (χ0v) is 19.6. The number of nitrogens with zero attached hydrogens (tertiary/aromatic N) is 2. The Labute approximate surface area is 193 Å². The van der Waals surface area contributed by atoms with Crippen molar-refractivity contribution < 1.29 is 9.53 Å². The molecule has 0 saturated heterocycles. The monoisotopic (exact) mass is 447 g/mol. The molecule has 5 nitrogen and oxygen atoms in total. The molecule has 1 N–H and O–H groups in total. The molecule has 0 unspecified atom stereocenters. The van der Waals surface area contributed by atoms with Gasteiger partial charge in [-0.3, -0.25) is 4.79 Å². The Hall–Kier alpha value is -3.12. The van der Waals surface area contributed by atoms with Crippen molar-refractivity contribution in [3.05, 3.63) is 82.3 Å². The van der Waals surface area contributed by atoms with Crippen LogP contribution in [0.4, 0.5) is 0 Å². The molecular weight excluding hydrogens is 418 g/mol. The highest BCUT2D eigenvalue weighted by molar-refractivity contribution is 7.12. The Balaban J connectivity index is 1.40. The number of benzene rings is 2. The third-order valence-electron chi connectivity index (χ3n) is 5.42. The van der Waals surface area contributed by atoms with Gasteiger partial charge < -0.3 is 14.6 Å². The van der Waals surface area contributed by atoms with Gasteiger partial charge in [-0.15, -0.1) is 11.3 Å². The minimum Gasteiger partial charge on any atom is -0.492 e. The lowest BCUT2D eigenvalue weighted by molar-refractivity contribution is 0.0958. The van der Waals surface area contributed by atoms with E-state index in [1.165, 1.54) is 16.9 Å². The third kappa shape index (κ3) is 5.19. The maximum Gasteiger partial charge on any atom is 0.261 e. The molecule has 2 heterocycles. The van der Waals surface area contributed by atoms with Crippen LogP contribution in [0.3, 0.4) is 0 Å². The fraction of sp³-hybridized carbons (Fsp3) is 0.308. The lowest BCUT2D eigenvalue weighted by Gasteiger charge is -2.19. The summed E-state index contributed by atoms with van der Waals surface area (Å²) >= 11 is 1.45. The molecule has 0 aliphatic carbocycles. The second-order valence-corrected chi connectivity index (χ2v) is 9.72. The topological polar surface area (TPSA) is 56.1 Å². The number of fused-ring (bicyclic) bond motifs is 1. The van der Waals surface area contributed by atoms with E-state index in [0.29, 0.717) is 26.1 Å². The van der Waals surface area contributed by atoms with Gasteiger partial charge in [0.1, 0.15) is 18.2 Å². The van der Waals surface area contributed by atoms with Gasteiger partial charge in [0.2, 0.25) is 0 Å². The second kappa shape index (κ2) is 9.57. The van der Waals surface area contributed by atoms with Crippen LogP contribution in [0.2, 0.25) is 0 Å². The summed E-state index contributed by atoms with van der Waals surface area (Å²) in [6, 6.07) is 20.2. The van der Waals surface area contributed by atoms with Gasteiger partial charge in [0.05, 0.1) is 22.5 Å². The van der Waals surface area contributed by atoms with Gasteiger partial charge in [-0.1, -0.05) is 51.1 Å². The molecule has 0 fully saturated rings. The number of amides is 1. The Morgan fingerprint density at radius 3 is 2.56 bits per heavy atom. The predicted octanol–water partition coefficient (Wildman–Crippen LogP) is 5.45. The lowest BCUT2D eigenvalue weighted by atomic mass is 9.87. The standard InChI is InChI=1S/C26H29N3O2S/c1-26(2,3)19-10-12-20(13-11-19)31-17-16-29-22-8-5-4-7-21(22)28-24(29)14-15-27-25(30)23-9-6-18-32-23/h4-13,18H,14-17H2,1-3H3,(H,27,30). The molecular formula is C26H29N3O2S. The highest BCUT2D eigenvalue weighted by Gasteiger charge is 2.14. The van der Waals surface area contributed by atoms with Gasteiger partial charge in [0.15, 0.2) is 0 Å². The van der Waals surface area contributed by atoms with Crippen LogP contribution in [0.25, 0.3) is 11.0 Å². The normalized spacial score (nSPS) is 11.6. The quantitative estimate of drug-likeness (QED) is 0.391. The van der Waals surface area contributed by atoms with Crippen LogP contribution in [-0.4, -0.2) is 28.6 Å². The highest BCUT2D eigenvalue weighted by atomic mass is 32.1. The smallest absolute Gasteiger partial charge is 0.261 e. The van der Waals surface area contributed by atoms with E-state index in [-0.39, 0.29) is 11.3 Å². The largest absolute Gasteiger partial charge is 0.492 e. The van der Waals surface area contributed by atoms with Crippen LogP contribution >= 0.6 is 11.3 Å². The van der Waals surface area contributed by atoms with Gasteiger partial charge in [0.25, 0.3) is 5.91 Å². The Morgan fingerprint density at radius 1 is 1.06 bits per heavy atom. The van der Waals surface area contributed by atoms with Crippen molar-refractivity contribution in [2.24, 2.45) is 0 Å². The third-order valence-corrected chi connectivity index (χ3v) is 6.29. The van der Waals surface area contributed by atoms with Crippen molar-refractivity contribution in [3.63, 3.8) is 0 Å². The summed E-state index contributed by atoms with van der Waals surface area (Å²) in [4.78, 5) is 17.7. The summed E-state index contributed by atoms with van der Waals surface area (Å²) in [5.41, 5.74) is 3.46. The van der Waals surface area contributed by atoms with E-state index >= 15 is 0 Å². The molecule has 4 aromatic rings. The SMILES string of the molecule is CC(C)(C)c1ccc(OCCn2c(CCNC(=O)c3cccs3)nc3ccccc32)cc1. The molecule has 0 aliphatic rings. The molecule has 32 heavy (non-hydrogen) atoms. The maximum atomic E-state index is 12.2. The Morgan fingerprint density at radius 2 is 1.84 bits per heavy atom. The van der Waals surface area contributed by atoms with Crippen LogP contribution in [0.15, 0.2) is 66.0 Å². The molecule has 2 aromatic heterocycles. The minimum atomic E-state index is -0.0373. The average Bonchev–Trinajstić information content (AvgIpc) is 3.42. The van der Waals surface area contributed by atoms with Crippen LogP contribution in [0.1, 0.15) is 41.8 Å². The van der Waals surface area contributed by atoms with E-state index in [1.54, 1.807) is 0 Å². The number of ether oxygens (including phenoxy) is 1. The number of imidazole rings is 1. The minimum absolute atomic E-state index is 0.0373. The van der Waals surface area contributed by atoms with E-state index < -0.39 is 0 Å². The number of hydrogen-bond donors (Lipinski definition) is 1. The predicted molar refractivity (Wildman–Crippen MR) is 131 cm³/mol. The first-order valence-electron chi connectivity index (χ1n) is 10.9. The van der Waals surface area contributed by atoms with E-state index in [4.69, 9.17) is 9.72 Å². The first-order valence-corrected chi connectivity index (χ1v) is 11.8. The number of carbonyl (C=O) groups excluding carboxylic acids is 1. The summed E-state index contributed by atoms with van der Waals surface area (Å²) in [5, 5.41) is 4.90. The summed E-state index contributed by atoms with van der Waals surface area (Å²) < 4.78 is 8.22. The van der Waals surface area contributed by atoms with Crippen molar-refractivity contribution in [2.75, 3.05) is 13.2 Å². The summed E-state index contributed by atoms with van der Waals surface area (Å²) in [7, 11) is 0. The van der Waals surface area contributed by atoms with Crippen LogP contribution in [0.5, 0.6) is 5.75 Å². The Bertz CT molecular complexity index is 1170. The number of nitrogens with one attached hydrogen (secondary N) is 1. The molecule has 0 radical (unpaired) electrons. The molecule has 0 aliphatic heterocycles. The van der Waals surface area contributed by atoms with Gasteiger partial charge in [0, 0.05) is 13.0 Å². The molecule has 0 saturated carbocycles. The van der Waals surface area contributed by atoms with Crippen molar-refractivity contribution in [3.8, 4) is 5.75 Å². The number of rotatable bonds is 8. The van der Waals surface area contributed by atoms with E-state index in [9.17, 15) is 4.79 Å². The van der Waals surface area contributed by atoms with E-state index in [0.717, 1.165) is 27.5 Å². The molecule has 0 atom stereocenters. The number of carbonyl (C=O) groups is 1. The van der Waals surface area contributed by atoms with Crippen molar-refractivity contribution >= 4 is 28.3 Å². The fourth-order valence-corrected chi connectivity index (χ4v) is 4.29. The maximum absolute atomic E-state index is 12.2. The zero-order chi connectivity index (χ0) is 22.6. The highest BCUT2D eigenvalue weighted by Crippen LogP contribution is 2.24. The van der Waals surface area contributed by atoms with Crippen molar-refractivity contribution in [1.29, 1.82) is 0 Å². The van der Waals surface area contributed by atoms with Gasteiger partial charge in [-0.25, -0.2) is 4.98 Å². The van der Waals surface area contributed by atoms with Crippen LogP contribution in [0, 0.1) is 0 Å². The number of para-hydroxylation sites is 2. The van der Waals surface area contributed by atoms with Crippen LogP contribution in [-0.2, 0) is 18.4 Å². The van der Waals surface area contributed by atoms with Crippen LogP contribution < -0.4 is 10.1 Å².